The lowest BCUT2D eigenvalue weighted by atomic mass is 9.91. The summed E-state index contributed by atoms with van der Waals surface area (Å²) in [6.07, 6.45) is 3.43. The van der Waals surface area contributed by atoms with Crippen LogP contribution in [0.1, 0.15) is 38.2 Å². The molecule has 1 saturated carbocycles. The molecule has 0 spiro atoms. The predicted octanol–water partition coefficient (Wildman–Crippen LogP) is 4.54. The van der Waals surface area contributed by atoms with Crippen LogP contribution in [0.3, 0.4) is 0 Å². The van der Waals surface area contributed by atoms with Gasteiger partial charge in [-0.1, -0.05) is 43.0 Å². The SMILES string of the molecule is CCCCC1CC1(Cc1c(Cl)cc(Cl)c(N)c1F)C(=O)O. The van der Waals surface area contributed by atoms with E-state index in [1.807, 2.05) is 0 Å². The lowest BCUT2D eigenvalue weighted by Crippen LogP contribution is -2.22. The fourth-order valence-electron chi connectivity index (χ4n) is 2.89. The van der Waals surface area contributed by atoms with Crippen molar-refractivity contribution in [3.8, 4) is 0 Å². The van der Waals surface area contributed by atoms with Gasteiger partial charge in [0.2, 0.25) is 0 Å². The molecule has 0 bridgehead atoms. The summed E-state index contributed by atoms with van der Waals surface area (Å²) in [5.41, 5.74) is 4.63. The van der Waals surface area contributed by atoms with Crippen molar-refractivity contribution in [2.24, 2.45) is 11.3 Å². The summed E-state index contributed by atoms with van der Waals surface area (Å²) < 4.78 is 14.2. The van der Waals surface area contributed by atoms with E-state index in [1.54, 1.807) is 0 Å². The Kier molecular flexibility index (Phi) is 4.69. The number of hydrogen-bond acceptors (Lipinski definition) is 2. The minimum absolute atomic E-state index is 0.0453. The standard InChI is InChI=1S/C15H18Cl2FNO2/c1-2-3-4-8-6-15(8,14(20)21)7-9-10(16)5-11(17)13(19)12(9)18/h5,8H,2-4,6-7,19H2,1H3,(H,20,21). The highest BCUT2D eigenvalue weighted by Gasteiger charge is 2.59. The second-order valence-electron chi connectivity index (χ2n) is 5.73. The number of halogens is 3. The highest BCUT2D eigenvalue weighted by atomic mass is 35.5. The number of carboxylic acid groups (broad SMARTS) is 1. The van der Waals surface area contributed by atoms with Gasteiger partial charge in [0.05, 0.1) is 16.1 Å². The van der Waals surface area contributed by atoms with E-state index in [0.29, 0.717) is 6.42 Å². The monoisotopic (exact) mass is 333 g/mol. The van der Waals surface area contributed by atoms with Gasteiger partial charge in [-0.15, -0.1) is 0 Å². The van der Waals surface area contributed by atoms with Crippen molar-refractivity contribution in [2.45, 2.75) is 39.0 Å². The Hall–Kier alpha value is -1.00. The number of unbranched alkanes of at least 4 members (excludes halogenated alkanes) is 1. The van der Waals surface area contributed by atoms with Crippen molar-refractivity contribution in [3.63, 3.8) is 0 Å². The summed E-state index contributed by atoms with van der Waals surface area (Å²) in [5.74, 6) is -1.52. The number of carbonyl (C=O) groups is 1. The van der Waals surface area contributed by atoms with E-state index in [9.17, 15) is 14.3 Å². The normalized spacial score (nSPS) is 24.1. The lowest BCUT2D eigenvalue weighted by Gasteiger charge is -2.16. The molecule has 0 aliphatic heterocycles. The first kappa shape index (κ1) is 16.4. The van der Waals surface area contributed by atoms with Gasteiger partial charge >= 0.3 is 5.97 Å². The highest BCUT2D eigenvalue weighted by Crippen LogP contribution is 2.58. The molecule has 0 amide bonds. The average Bonchev–Trinajstić information content (AvgIpc) is 3.14. The minimum atomic E-state index is -0.917. The van der Waals surface area contributed by atoms with Gasteiger partial charge in [-0.2, -0.15) is 0 Å². The van der Waals surface area contributed by atoms with E-state index in [-0.39, 0.29) is 33.6 Å². The van der Waals surface area contributed by atoms with Crippen LogP contribution < -0.4 is 5.73 Å². The molecule has 1 aliphatic rings. The molecule has 0 heterocycles. The first-order chi connectivity index (χ1) is 9.83. The number of aliphatic carboxylic acids is 1. The number of nitrogens with two attached hydrogens (primary N) is 1. The molecule has 1 aliphatic carbocycles. The molecular weight excluding hydrogens is 316 g/mol. The van der Waals surface area contributed by atoms with Crippen LogP contribution in [0.4, 0.5) is 10.1 Å². The molecule has 2 atom stereocenters. The van der Waals surface area contributed by atoms with Crippen LogP contribution in [0.15, 0.2) is 6.07 Å². The molecule has 1 aromatic carbocycles. The van der Waals surface area contributed by atoms with Gasteiger partial charge in [-0.3, -0.25) is 4.79 Å². The Labute approximate surface area is 133 Å². The summed E-state index contributed by atoms with van der Waals surface area (Å²) in [7, 11) is 0. The van der Waals surface area contributed by atoms with Gasteiger partial charge in [0.1, 0.15) is 0 Å². The van der Waals surface area contributed by atoms with Crippen LogP contribution in [0.25, 0.3) is 0 Å². The number of carboxylic acids is 1. The third-order valence-corrected chi connectivity index (χ3v) is 5.01. The molecule has 2 unspecified atom stereocenters. The van der Waals surface area contributed by atoms with Crippen molar-refractivity contribution in [3.05, 3.63) is 27.5 Å². The van der Waals surface area contributed by atoms with Crippen molar-refractivity contribution in [2.75, 3.05) is 5.73 Å². The van der Waals surface area contributed by atoms with Crippen molar-refractivity contribution in [1.82, 2.24) is 0 Å². The Morgan fingerprint density at radius 1 is 1.52 bits per heavy atom. The highest BCUT2D eigenvalue weighted by molar-refractivity contribution is 6.36. The molecule has 116 valence electrons. The van der Waals surface area contributed by atoms with Gasteiger partial charge in [0.15, 0.2) is 5.82 Å². The molecule has 6 heteroatoms. The second-order valence-corrected chi connectivity index (χ2v) is 6.54. The fourth-order valence-corrected chi connectivity index (χ4v) is 3.40. The zero-order valence-corrected chi connectivity index (χ0v) is 13.3. The van der Waals surface area contributed by atoms with E-state index in [1.165, 1.54) is 6.07 Å². The largest absolute Gasteiger partial charge is 0.481 e. The smallest absolute Gasteiger partial charge is 0.310 e. The zero-order valence-electron chi connectivity index (χ0n) is 11.8. The molecule has 0 radical (unpaired) electrons. The van der Waals surface area contributed by atoms with Gasteiger partial charge in [-0.05, 0) is 31.2 Å². The van der Waals surface area contributed by atoms with E-state index >= 15 is 0 Å². The zero-order chi connectivity index (χ0) is 15.8. The van der Waals surface area contributed by atoms with Crippen molar-refractivity contribution in [1.29, 1.82) is 0 Å². The molecule has 1 fully saturated rings. The van der Waals surface area contributed by atoms with Crippen LogP contribution in [0.5, 0.6) is 0 Å². The van der Waals surface area contributed by atoms with Gasteiger partial charge in [-0.25, -0.2) is 4.39 Å². The van der Waals surface area contributed by atoms with Crippen LogP contribution in [0, 0.1) is 17.2 Å². The van der Waals surface area contributed by atoms with Gasteiger partial charge < -0.3 is 10.8 Å². The van der Waals surface area contributed by atoms with E-state index in [2.05, 4.69) is 6.92 Å². The summed E-state index contributed by atoms with van der Waals surface area (Å²) in [6, 6.07) is 1.37. The molecule has 0 aromatic heterocycles. The molecule has 3 N–H and O–H groups in total. The number of hydrogen-bond donors (Lipinski definition) is 2. The molecule has 1 aromatic rings. The first-order valence-corrected chi connectivity index (χ1v) is 7.74. The van der Waals surface area contributed by atoms with Crippen molar-refractivity contribution < 1.29 is 14.3 Å². The quantitative estimate of drug-likeness (QED) is 0.751. The summed E-state index contributed by atoms with van der Waals surface area (Å²) >= 11 is 11.8. The predicted molar refractivity (Wildman–Crippen MR) is 82.2 cm³/mol. The van der Waals surface area contributed by atoms with Gasteiger partial charge in [0, 0.05) is 10.6 Å². The topological polar surface area (TPSA) is 63.3 Å². The number of rotatable bonds is 6. The molecular formula is C15H18Cl2FNO2. The van der Waals surface area contributed by atoms with E-state index in [0.717, 1.165) is 19.3 Å². The fraction of sp³-hybridized carbons (Fsp3) is 0.533. The van der Waals surface area contributed by atoms with E-state index in [4.69, 9.17) is 28.9 Å². The number of anilines is 1. The third-order valence-electron chi connectivity index (χ3n) is 4.36. The lowest BCUT2D eigenvalue weighted by molar-refractivity contribution is -0.144. The summed E-state index contributed by atoms with van der Waals surface area (Å²) in [5, 5.41) is 9.70. The summed E-state index contributed by atoms with van der Waals surface area (Å²) in [4.78, 5) is 11.6. The minimum Gasteiger partial charge on any atom is -0.481 e. The van der Waals surface area contributed by atoms with Crippen molar-refractivity contribution >= 4 is 34.9 Å². The molecule has 0 saturated heterocycles. The Balaban J connectivity index is 2.28. The Morgan fingerprint density at radius 3 is 2.76 bits per heavy atom. The van der Waals surface area contributed by atoms with Crippen LogP contribution in [-0.4, -0.2) is 11.1 Å². The van der Waals surface area contributed by atoms with Crippen LogP contribution in [-0.2, 0) is 11.2 Å². The average molecular weight is 334 g/mol. The first-order valence-electron chi connectivity index (χ1n) is 6.98. The van der Waals surface area contributed by atoms with Crippen LogP contribution >= 0.6 is 23.2 Å². The molecule has 21 heavy (non-hydrogen) atoms. The maximum Gasteiger partial charge on any atom is 0.310 e. The van der Waals surface area contributed by atoms with Gasteiger partial charge in [0.25, 0.3) is 0 Å². The molecule has 3 nitrogen and oxygen atoms in total. The second kappa shape index (κ2) is 6.01. The maximum atomic E-state index is 14.2. The van der Waals surface area contributed by atoms with Crippen LogP contribution in [0.2, 0.25) is 10.0 Å². The Bertz CT molecular complexity index is 579. The van der Waals surface area contributed by atoms with E-state index < -0.39 is 17.2 Å². The Morgan fingerprint density at radius 2 is 2.19 bits per heavy atom. The number of benzene rings is 1. The third kappa shape index (κ3) is 2.97. The maximum absolute atomic E-state index is 14.2. The number of nitrogen functional groups attached to an aromatic ring is 1. The molecule has 2 rings (SSSR count). The summed E-state index contributed by atoms with van der Waals surface area (Å²) in [6.45, 7) is 2.06.